The second kappa shape index (κ2) is 15.0. The molecule has 0 radical (unpaired) electrons. The molecule has 0 unspecified atom stereocenters. The van der Waals surface area contributed by atoms with Gasteiger partial charge in [-0.2, -0.15) is 0 Å². The average molecular weight is 847 g/mol. The summed E-state index contributed by atoms with van der Waals surface area (Å²) in [6.07, 6.45) is 0. The lowest BCUT2D eigenvalue weighted by Gasteiger charge is -2.16. The number of fused-ring (bicyclic) bond motifs is 9. The van der Waals surface area contributed by atoms with Gasteiger partial charge in [-0.25, -0.2) is 0 Å². The normalized spacial score (nSPS) is 11.8. The number of ether oxygens (including phenoxy) is 1. The Kier molecular flexibility index (Phi) is 8.62. The Balaban J connectivity index is 0.872. The third kappa shape index (κ3) is 5.99. The lowest BCUT2D eigenvalue weighted by Crippen LogP contribution is -1.96. The fraction of sp³-hybridized carbons (Fsp3) is 0.0323. The Bertz CT molecular complexity index is 3980. The quantitative estimate of drug-likeness (QED) is 0.160. The van der Waals surface area contributed by atoms with Crippen LogP contribution in [-0.2, 0) is 0 Å². The summed E-state index contributed by atoms with van der Waals surface area (Å²) in [4.78, 5) is 0. The molecule has 0 bridgehead atoms. The Hall–Kier alpha value is -8.60. The number of para-hydroxylation sites is 3. The number of aromatic nitrogens is 2. The molecule has 0 spiro atoms. The van der Waals surface area contributed by atoms with Crippen molar-refractivity contribution in [1.29, 1.82) is 0 Å². The van der Waals surface area contributed by atoms with Gasteiger partial charge in [-0.05, 0) is 137 Å². The molecule has 0 N–H and O–H groups in total. The van der Waals surface area contributed by atoms with E-state index in [1.54, 1.807) is 7.11 Å². The smallest absolute Gasteiger partial charge is 0.135 e. The number of hydrogen-bond acceptors (Lipinski definition) is 2. The van der Waals surface area contributed by atoms with Crippen LogP contribution >= 0.6 is 0 Å². The molecule has 4 nitrogen and oxygen atoms in total. The van der Waals surface area contributed by atoms with E-state index in [-0.39, 0.29) is 0 Å². The third-order valence-corrected chi connectivity index (χ3v) is 13.5. The van der Waals surface area contributed by atoms with Crippen LogP contribution in [0.15, 0.2) is 223 Å². The van der Waals surface area contributed by atoms with Gasteiger partial charge in [0.1, 0.15) is 16.9 Å². The van der Waals surface area contributed by atoms with Crippen molar-refractivity contribution in [2.45, 2.75) is 6.92 Å². The maximum absolute atomic E-state index is 6.46. The average Bonchev–Trinajstić information content (AvgIpc) is 4.03. The number of aryl methyl sites for hydroxylation is 1. The van der Waals surface area contributed by atoms with Gasteiger partial charge < -0.3 is 18.3 Å². The highest BCUT2D eigenvalue weighted by atomic mass is 16.5. The molecular weight excluding hydrogens is 805 g/mol. The summed E-state index contributed by atoms with van der Waals surface area (Å²) < 4.78 is 17.3. The predicted octanol–water partition coefficient (Wildman–Crippen LogP) is 16.8. The van der Waals surface area contributed by atoms with Crippen molar-refractivity contribution in [1.82, 2.24) is 9.13 Å². The summed E-state index contributed by atoms with van der Waals surface area (Å²) in [6, 6.07) is 78.8. The monoisotopic (exact) mass is 846 g/mol. The Labute approximate surface area is 381 Å². The van der Waals surface area contributed by atoms with Crippen LogP contribution in [0.3, 0.4) is 0 Å². The van der Waals surface area contributed by atoms with Gasteiger partial charge in [0.2, 0.25) is 0 Å². The highest BCUT2D eigenvalue weighted by Gasteiger charge is 2.18. The summed E-state index contributed by atoms with van der Waals surface area (Å²) in [6.45, 7) is 2.15. The minimum Gasteiger partial charge on any atom is -0.495 e. The third-order valence-electron chi connectivity index (χ3n) is 13.5. The maximum Gasteiger partial charge on any atom is 0.135 e. The number of furan rings is 1. The molecule has 0 aliphatic heterocycles. The van der Waals surface area contributed by atoms with Gasteiger partial charge in [0, 0.05) is 54.8 Å². The van der Waals surface area contributed by atoms with E-state index in [2.05, 4.69) is 228 Å². The van der Waals surface area contributed by atoms with Crippen LogP contribution in [-0.4, -0.2) is 16.2 Å². The fourth-order valence-electron chi connectivity index (χ4n) is 10.4. The van der Waals surface area contributed by atoms with E-state index in [1.807, 2.05) is 6.07 Å². The van der Waals surface area contributed by atoms with Crippen LogP contribution in [0.2, 0.25) is 0 Å². The van der Waals surface area contributed by atoms with Crippen molar-refractivity contribution in [2.24, 2.45) is 0 Å². The molecule has 0 aliphatic rings. The predicted molar refractivity (Wildman–Crippen MR) is 275 cm³/mol. The topological polar surface area (TPSA) is 32.2 Å². The van der Waals surface area contributed by atoms with Crippen LogP contribution in [0, 0.1) is 6.92 Å². The van der Waals surface area contributed by atoms with Gasteiger partial charge in [-0.3, -0.25) is 0 Å². The van der Waals surface area contributed by atoms with Gasteiger partial charge in [0.25, 0.3) is 0 Å². The first-order valence-electron chi connectivity index (χ1n) is 22.5. The zero-order valence-electron chi connectivity index (χ0n) is 36.5. The summed E-state index contributed by atoms with van der Waals surface area (Å²) in [7, 11) is 1.77. The number of rotatable bonds is 7. The van der Waals surface area contributed by atoms with E-state index >= 15 is 0 Å². The van der Waals surface area contributed by atoms with Gasteiger partial charge in [0.05, 0.1) is 29.2 Å². The van der Waals surface area contributed by atoms with E-state index in [0.29, 0.717) is 0 Å². The van der Waals surface area contributed by atoms with Crippen molar-refractivity contribution < 1.29 is 9.15 Å². The number of hydrogen-bond donors (Lipinski definition) is 0. The molecule has 0 saturated heterocycles. The molecule has 0 amide bonds. The minimum absolute atomic E-state index is 0.880. The highest BCUT2D eigenvalue weighted by Crippen LogP contribution is 2.42. The number of nitrogens with zero attached hydrogens (tertiary/aromatic N) is 2. The van der Waals surface area contributed by atoms with Crippen LogP contribution in [0.1, 0.15) is 5.56 Å². The molecule has 3 heterocycles. The summed E-state index contributed by atoms with van der Waals surface area (Å²) in [5, 5.41) is 7.15. The van der Waals surface area contributed by atoms with Crippen LogP contribution in [0.5, 0.6) is 5.75 Å². The molecule has 0 aliphatic carbocycles. The van der Waals surface area contributed by atoms with Crippen molar-refractivity contribution >= 4 is 65.6 Å². The lowest BCUT2D eigenvalue weighted by atomic mass is 9.94. The first-order valence-corrected chi connectivity index (χ1v) is 22.5. The molecule has 3 aromatic heterocycles. The van der Waals surface area contributed by atoms with E-state index < -0.39 is 0 Å². The molecule has 0 saturated carbocycles. The SMILES string of the molecule is COc1c(-c2ccccc2)cc(C)cc1-c1ccc(-n2c3ccccc3c3cc(-c4ccc5oc6ccc(-c7cccc(-n8c9ccccc9c9ccccc98)c7)cc6c5c4)ccc32)cc1. The molecule has 4 heteroatoms. The molecule has 66 heavy (non-hydrogen) atoms. The van der Waals surface area contributed by atoms with Gasteiger partial charge in [-0.1, -0.05) is 127 Å². The second-order valence-electron chi connectivity index (χ2n) is 17.3. The van der Waals surface area contributed by atoms with Gasteiger partial charge in [-0.15, -0.1) is 0 Å². The first-order chi connectivity index (χ1) is 32.6. The summed E-state index contributed by atoms with van der Waals surface area (Å²) >= 11 is 0. The molecule has 10 aromatic carbocycles. The maximum atomic E-state index is 6.46. The molecule has 0 atom stereocenters. The lowest BCUT2D eigenvalue weighted by molar-refractivity contribution is 0.418. The highest BCUT2D eigenvalue weighted by molar-refractivity contribution is 6.12. The number of benzene rings is 10. The van der Waals surface area contributed by atoms with Crippen molar-refractivity contribution in [3.05, 3.63) is 224 Å². The van der Waals surface area contributed by atoms with Crippen LogP contribution in [0.25, 0.3) is 121 Å². The molecule has 312 valence electrons. The minimum atomic E-state index is 0.880. The van der Waals surface area contributed by atoms with Crippen molar-refractivity contribution in [3.63, 3.8) is 0 Å². The van der Waals surface area contributed by atoms with E-state index in [9.17, 15) is 0 Å². The second-order valence-corrected chi connectivity index (χ2v) is 17.3. The standard InChI is InChI=1S/C62H42N2O2/c1-39-33-51(40-13-4-3-5-14-40)62(65-2)52(34-39)41-23-28-46(29-24-41)63-58-22-11-8-19-50(58)53-36-43(25-30-59(53)63)45-27-32-61-55(38-45)54-37-44(26-31-60(54)66-61)42-15-12-16-47(35-42)64-56-20-9-6-17-48(56)49-18-7-10-21-57(49)64/h3-38H,1-2H3. The summed E-state index contributed by atoms with van der Waals surface area (Å²) in [5.41, 5.74) is 19.0. The molecular formula is C62H42N2O2. The van der Waals surface area contributed by atoms with Crippen LogP contribution < -0.4 is 4.74 Å². The van der Waals surface area contributed by atoms with Crippen molar-refractivity contribution in [3.8, 4) is 61.6 Å². The van der Waals surface area contributed by atoms with Gasteiger partial charge in [0.15, 0.2) is 0 Å². The Morgan fingerprint density at radius 2 is 0.773 bits per heavy atom. The summed E-state index contributed by atoms with van der Waals surface area (Å²) in [5.74, 6) is 0.882. The Morgan fingerprint density at radius 1 is 0.333 bits per heavy atom. The van der Waals surface area contributed by atoms with Crippen molar-refractivity contribution in [2.75, 3.05) is 7.11 Å². The van der Waals surface area contributed by atoms with Crippen LogP contribution in [0.4, 0.5) is 0 Å². The molecule has 0 fully saturated rings. The Morgan fingerprint density at radius 3 is 1.36 bits per heavy atom. The molecule has 13 rings (SSSR count). The fourth-order valence-corrected chi connectivity index (χ4v) is 10.4. The van der Waals surface area contributed by atoms with E-state index in [1.165, 1.54) is 43.7 Å². The zero-order chi connectivity index (χ0) is 43.9. The first kappa shape index (κ1) is 37.9. The largest absolute Gasteiger partial charge is 0.495 e. The number of methoxy groups -OCH3 is 1. The molecule has 13 aromatic rings. The van der Waals surface area contributed by atoms with E-state index in [4.69, 9.17) is 9.15 Å². The zero-order valence-corrected chi connectivity index (χ0v) is 36.5. The van der Waals surface area contributed by atoms with Gasteiger partial charge >= 0.3 is 0 Å². The van der Waals surface area contributed by atoms with E-state index in [0.717, 1.165) is 89.1 Å².